The van der Waals surface area contributed by atoms with E-state index < -0.39 is 4.92 Å². The van der Waals surface area contributed by atoms with Crippen LogP contribution in [0.2, 0.25) is 10.3 Å². The Morgan fingerprint density at radius 1 is 1.46 bits per heavy atom. The average molecular weight is 371 g/mol. The summed E-state index contributed by atoms with van der Waals surface area (Å²) in [5.74, 6) is -0.0155. The van der Waals surface area contributed by atoms with Crippen LogP contribution in [-0.4, -0.2) is 36.3 Å². The minimum absolute atomic E-state index is 0.0155. The van der Waals surface area contributed by atoms with Crippen molar-refractivity contribution in [1.29, 1.82) is 0 Å². The summed E-state index contributed by atoms with van der Waals surface area (Å²) in [5.41, 5.74) is 0.829. The zero-order valence-electron chi connectivity index (χ0n) is 12.5. The molecule has 3 heterocycles. The van der Waals surface area contributed by atoms with Crippen molar-refractivity contribution in [3.05, 3.63) is 38.5 Å². The van der Waals surface area contributed by atoms with Crippen LogP contribution in [0.4, 0.5) is 5.69 Å². The van der Waals surface area contributed by atoms with Crippen LogP contribution in [0.25, 0.3) is 11.0 Å². The molecule has 1 N–H and O–H groups in total. The van der Waals surface area contributed by atoms with Crippen molar-refractivity contribution in [3.8, 4) is 5.88 Å². The molecule has 0 saturated carbocycles. The predicted octanol–water partition coefficient (Wildman–Crippen LogP) is 3.15. The van der Waals surface area contributed by atoms with Gasteiger partial charge in [0.2, 0.25) is 5.28 Å². The van der Waals surface area contributed by atoms with Crippen LogP contribution in [0.5, 0.6) is 5.88 Å². The van der Waals surface area contributed by atoms with Crippen molar-refractivity contribution < 1.29 is 9.66 Å². The molecule has 0 aliphatic carbocycles. The summed E-state index contributed by atoms with van der Waals surface area (Å²) in [4.78, 5) is 18.5. The summed E-state index contributed by atoms with van der Waals surface area (Å²) in [7, 11) is 0. The minimum Gasteiger partial charge on any atom is -0.472 e. The van der Waals surface area contributed by atoms with Crippen LogP contribution in [0.3, 0.4) is 0 Å². The minimum atomic E-state index is -0.522. The normalized spacial score (nSPS) is 11.1. The Kier molecular flexibility index (Phi) is 4.54. The average Bonchev–Trinajstić information content (AvgIpc) is 3.04. The number of nitro groups is 1. The highest BCUT2D eigenvalue weighted by atomic mass is 35.5. The van der Waals surface area contributed by atoms with E-state index in [1.807, 2.05) is 4.57 Å². The number of hydrogen-bond acceptors (Lipinski definition) is 6. The van der Waals surface area contributed by atoms with Gasteiger partial charge in [0.25, 0.3) is 0 Å². The van der Waals surface area contributed by atoms with Crippen LogP contribution in [0, 0.1) is 17.0 Å². The number of rotatable bonds is 6. The molecule has 0 atom stereocenters. The summed E-state index contributed by atoms with van der Waals surface area (Å²) < 4.78 is 7.23. The molecule has 3 aromatic rings. The molecule has 126 valence electrons. The number of fused-ring (bicyclic) bond motifs is 1. The number of aromatic nitrogens is 5. The molecule has 0 aliphatic heterocycles. The van der Waals surface area contributed by atoms with Crippen molar-refractivity contribution in [3.63, 3.8) is 0 Å². The van der Waals surface area contributed by atoms with E-state index in [2.05, 4.69) is 20.2 Å². The van der Waals surface area contributed by atoms with E-state index in [1.165, 1.54) is 0 Å². The molecule has 3 rings (SSSR count). The molecule has 24 heavy (non-hydrogen) atoms. The smallest absolute Gasteiger partial charge is 0.352 e. The van der Waals surface area contributed by atoms with Gasteiger partial charge in [0, 0.05) is 18.9 Å². The maximum absolute atomic E-state index is 11.0. The Morgan fingerprint density at radius 2 is 2.25 bits per heavy atom. The number of nitrogens with zero attached hydrogens (tertiary/aromatic N) is 5. The molecule has 9 nitrogen and oxygen atoms in total. The van der Waals surface area contributed by atoms with Crippen LogP contribution < -0.4 is 4.74 Å². The van der Waals surface area contributed by atoms with Crippen LogP contribution >= 0.6 is 23.2 Å². The van der Waals surface area contributed by atoms with Crippen molar-refractivity contribution in [2.45, 2.75) is 19.9 Å². The van der Waals surface area contributed by atoms with E-state index in [0.717, 1.165) is 0 Å². The first-order valence-electron chi connectivity index (χ1n) is 6.96. The van der Waals surface area contributed by atoms with Gasteiger partial charge in [-0.1, -0.05) is 11.6 Å². The van der Waals surface area contributed by atoms with Gasteiger partial charge in [0.1, 0.15) is 11.3 Å². The van der Waals surface area contributed by atoms with Crippen molar-refractivity contribution >= 4 is 39.9 Å². The number of H-pyrrole nitrogens is 1. The standard InChI is InChI=1S/C13H12Cl2N6O3/c1-7-10(21(22)23)12(19-18-7)24-4-2-3-20-6-9(14)8-5-16-13(15)17-11(8)20/h5-6H,2-4H2,1H3,(H,18,19). The number of hydrogen-bond donors (Lipinski definition) is 1. The Labute approximate surface area is 145 Å². The third-order valence-electron chi connectivity index (χ3n) is 3.39. The molecule has 3 aromatic heterocycles. The topological polar surface area (TPSA) is 112 Å². The molecule has 0 radical (unpaired) electrons. The lowest BCUT2D eigenvalue weighted by molar-refractivity contribution is -0.386. The Morgan fingerprint density at radius 3 is 3.00 bits per heavy atom. The molecule has 0 aliphatic rings. The molecule has 0 bridgehead atoms. The second-order valence-electron chi connectivity index (χ2n) is 5.01. The highest BCUT2D eigenvalue weighted by Crippen LogP contribution is 2.28. The summed E-state index contributed by atoms with van der Waals surface area (Å²) in [5, 5.41) is 18.7. The SMILES string of the molecule is Cc1[nH]nc(OCCCn2cc(Cl)c3cnc(Cl)nc32)c1[N+](=O)[O-]. The van der Waals surface area contributed by atoms with Gasteiger partial charge in [-0.2, -0.15) is 4.98 Å². The van der Waals surface area contributed by atoms with E-state index >= 15 is 0 Å². The summed E-state index contributed by atoms with van der Waals surface area (Å²) in [6.45, 7) is 2.37. The molecule has 0 saturated heterocycles. The quantitative estimate of drug-likeness (QED) is 0.308. The third-order valence-corrected chi connectivity index (χ3v) is 3.87. The molecule has 0 unspecified atom stereocenters. The van der Waals surface area contributed by atoms with Gasteiger partial charge in [-0.15, -0.1) is 5.10 Å². The predicted molar refractivity (Wildman–Crippen MR) is 87.6 cm³/mol. The van der Waals surface area contributed by atoms with E-state index in [4.69, 9.17) is 27.9 Å². The van der Waals surface area contributed by atoms with Gasteiger partial charge in [0.15, 0.2) is 0 Å². The van der Waals surface area contributed by atoms with E-state index in [-0.39, 0.29) is 23.5 Å². The Bertz CT molecular complexity index is 907. The molecule has 11 heteroatoms. The van der Waals surface area contributed by atoms with Crippen molar-refractivity contribution in [2.75, 3.05) is 6.61 Å². The van der Waals surface area contributed by atoms with Crippen LogP contribution in [0.1, 0.15) is 12.1 Å². The van der Waals surface area contributed by atoms with E-state index in [1.54, 1.807) is 19.3 Å². The van der Waals surface area contributed by atoms with E-state index in [0.29, 0.717) is 34.7 Å². The van der Waals surface area contributed by atoms with Gasteiger partial charge in [-0.25, -0.2) is 4.98 Å². The van der Waals surface area contributed by atoms with Gasteiger partial charge >= 0.3 is 11.6 Å². The van der Waals surface area contributed by atoms with Gasteiger partial charge < -0.3 is 9.30 Å². The number of halogens is 2. The van der Waals surface area contributed by atoms with Gasteiger partial charge in [0.05, 0.1) is 21.9 Å². The molecular formula is C13H12Cl2N6O3. The zero-order valence-corrected chi connectivity index (χ0v) is 14.0. The molecule has 0 aromatic carbocycles. The molecule has 0 amide bonds. The Hall–Kier alpha value is -2.39. The van der Waals surface area contributed by atoms with Crippen LogP contribution in [-0.2, 0) is 6.54 Å². The van der Waals surface area contributed by atoms with Gasteiger partial charge in [-0.3, -0.25) is 15.2 Å². The highest BCUT2D eigenvalue weighted by molar-refractivity contribution is 6.35. The maximum atomic E-state index is 11.0. The number of nitrogens with one attached hydrogen (secondary N) is 1. The van der Waals surface area contributed by atoms with Gasteiger partial charge in [-0.05, 0) is 24.9 Å². The number of aromatic amines is 1. The largest absolute Gasteiger partial charge is 0.472 e. The first-order valence-corrected chi connectivity index (χ1v) is 7.72. The monoisotopic (exact) mass is 370 g/mol. The fourth-order valence-corrected chi connectivity index (χ4v) is 2.68. The van der Waals surface area contributed by atoms with E-state index in [9.17, 15) is 10.1 Å². The maximum Gasteiger partial charge on any atom is 0.352 e. The Balaban J connectivity index is 1.66. The lowest BCUT2D eigenvalue weighted by Crippen LogP contribution is -2.05. The third kappa shape index (κ3) is 3.13. The number of ether oxygens (including phenoxy) is 1. The lowest BCUT2D eigenvalue weighted by Gasteiger charge is -2.05. The second kappa shape index (κ2) is 6.62. The number of aryl methyl sites for hydroxylation is 2. The first-order chi connectivity index (χ1) is 11.5. The molecular weight excluding hydrogens is 359 g/mol. The fraction of sp³-hybridized carbons (Fsp3) is 0.308. The van der Waals surface area contributed by atoms with Crippen molar-refractivity contribution in [2.24, 2.45) is 0 Å². The van der Waals surface area contributed by atoms with Crippen molar-refractivity contribution in [1.82, 2.24) is 24.7 Å². The zero-order chi connectivity index (χ0) is 17.3. The molecule has 0 spiro atoms. The molecule has 0 fully saturated rings. The lowest BCUT2D eigenvalue weighted by atomic mass is 10.4. The highest BCUT2D eigenvalue weighted by Gasteiger charge is 2.22. The summed E-state index contributed by atoms with van der Waals surface area (Å²) in [6.07, 6.45) is 3.87. The summed E-state index contributed by atoms with van der Waals surface area (Å²) in [6, 6.07) is 0. The second-order valence-corrected chi connectivity index (χ2v) is 5.75. The fourth-order valence-electron chi connectivity index (χ4n) is 2.30. The summed E-state index contributed by atoms with van der Waals surface area (Å²) >= 11 is 11.9. The van der Waals surface area contributed by atoms with Crippen LogP contribution in [0.15, 0.2) is 12.4 Å². The first kappa shape index (κ1) is 16.5.